The highest BCUT2D eigenvalue weighted by Crippen LogP contribution is 2.18. The van der Waals surface area contributed by atoms with Crippen molar-refractivity contribution in [2.45, 2.75) is 11.4 Å². The molecule has 0 unspecified atom stereocenters. The second kappa shape index (κ2) is 7.44. The summed E-state index contributed by atoms with van der Waals surface area (Å²) in [5.41, 5.74) is 1.54. The Bertz CT molecular complexity index is 629. The van der Waals surface area contributed by atoms with Gasteiger partial charge in [-0.05, 0) is 29.8 Å². The third-order valence-corrected chi connectivity index (χ3v) is 3.71. The molecule has 21 heavy (non-hydrogen) atoms. The summed E-state index contributed by atoms with van der Waals surface area (Å²) in [6.45, 7) is 0.543. The van der Waals surface area contributed by atoms with Gasteiger partial charge in [-0.15, -0.1) is 11.8 Å². The number of aliphatic carboxylic acids is 1. The van der Waals surface area contributed by atoms with Crippen LogP contribution in [-0.2, 0) is 11.3 Å². The summed E-state index contributed by atoms with van der Waals surface area (Å²) >= 11 is 1.28. The van der Waals surface area contributed by atoms with Crippen LogP contribution in [0.5, 0.6) is 0 Å². The van der Waals surface area contributed by atoms with Gasteiger partial charge in [0.15, 0.2) is 6.29 Å². The fraction of sp³-hybridized carbons (Fsp3) is 0.133. The largest absolute Gasteiger partial charge is 0.481 e. The zero-order valence-corrected chi connectivity index (χ0v) is 12.0. The molecule has 0 spiro atoms. The number of nitrogens with one attached hydrogen (secondary N) is 1. The average Bonchev–Trinajstić information content (AvgIpc) is 2.52. The maximum Gasteiger partial charge on any atom is 0.313 e. The van der Waals surface area contributed by atoms with Crippen LogP contribution in [0.1, 0.15) is 15.9 Å². The van der Waals surface area contributed by atoms with E-state index in [1.54, 1.807) is 18.3 Å². The highest BCUT2D eigenvalue weighted by atomic mass is 32.2. The molecule has 0 atom stereocenters. The minimum atomic E-state index is -0.831. The third-order valence-electron chi connectivity index (χ3n) is 2.71. The van der Waals surface area contributed by atoms with Crippen molar-refractivity contribution in [3.8, 4) is 0 Å². The maximum atomic E-state index is 10.9. The Balaban J connectivity index is 1.94. The molecule has 0 saturated carbocycles. The van der Waals surface area contributed by atoms with Gasteiger partial charge in [0.1, 0.15) is 5.82 Å². The number of hydrogen-bond acceptors (Lipinski definition) is 5. The third kappa shape index (κ3) is 4.61. The molecule has 1 heterocycles. The van der Waals surface area contributed by atoms with E-state index in [9.17, 15) is 9.59 Å². The van der Waals surface area contributed by atoms with E-state index >= 15 is 0 Å². The van der Waals surface area contributed by atoms with Gasteiger partial charge < -0.3 is 10.4 Å². The number of rotatable bonds is 7. The van der Waals surface area contributed by atoms with Gasteiger partial charge in [0.25, 0.3) is 0 Å². The Morgan fingerprint density at radius 1 is 1.29 bits per heavy atom. The number of thioether (sulfide) groups is 1. The molecular formula is C15H14N2O3S. The van der Waals surface area contributed by atoms with Gasteiger partial charge in [-0.1, -0.05) is 12.1 Å². The highest BCUT2D eigenvalue weighted by Gasteiger charge is 2.03. The van der Waals surface area contributed by atoms with Crippen LogP contribution in [0, 0.1) is 0 Å². The summed E-state index contributed by atoms with van der Waals surface area (Å²) in [6, 6.07) is 11.0. The van der Waals surface area contributed by atoms with Crippen molar-refractivity contribution >= 4 is 29.8 Å². The first-order chi connectivity index (χ1) is 10.2. The number of carbonyl (C=O) groups is 2. The number of aromatic nitrogens is 1. The normalized spacial score (nSPS) is 10.1. The van der Waals surface area contributed by atoms with E-state index in [-0.39, 0.29) is 5.75 Å². The number of aldehydes is 1. The number of hydrogen-bond donors (Lipinski definition) is 2. The molecule has 5 nitrogen and oxygen atoms in total. The molecule has 0 bridgehead atoms. The SMILES string of the molecule is O=Cc1cccnc1NCc1ccc(SCC(=O)O)cc1. The summed E-state index contributed by atoms with van der Waals surface area (Å²) in [7, 11) is 0. The van der Waals surface area contributed by atoms with E-state index in [1.807, 2.05) is 24.3 Å². The second-order valence-electron chi connectivity index (χ2n) is 4.24. The standard InChI is InChI=1S/C15H14N2O3S/c18-9-12-2-1-7-16-15(12)17-8-11-3-5-13(6-4-11)21-10-14(19)20/h1-7,9H,8,10H2,(H,16,17)(H,19,20). The molecule has 0 aliphatic heterocycles. The average molecular weight is 302 g/mol. The van der Waals surface area contributed by atoms with Crippen LogP contribution < -0.4 is 5.32 Å². The van der Waals surface area contributed by atoms with Gasteiger partial charge in [-0.2, -0.15) is 0 Å². The molecule has 0 aliphatic rings. The second-order valence-corrected chi connectivity index (χ2v) is 5.29. The number of nitrogens with zero attached hydrogens (tertiary/aromatic N) is 1. The molecule has 0 radical (unpaired) electrons. The predicted octanol–water partition coefficient (Wildman–Crippen LogP) is 2.68. The van der Waals surface area contributed by atoms with E-state index in [0.717, 1.165) is 16.7 Å². The van der Waals surface area contributed by atoms with Gasteiger partial charge in [0, 0.05) is 17.6 Å². The summed E-state index contributed by atoms with van der Waals surface area (Å²) < 4.78 is 0. The Morgan fingerprint density at radius 2 is 2.05 bits per heavy atom. The van der Waals surface area contributed by atoms with Crippen molar-refractivity contribution in [3.05, 3.63) is 53.7 Å². The molecule has 0 fully saturated rings. The molecule has 2 N–H and O–H groups in total. The first kappa shape index (κ1) is 15.1. The number of anilines is 1. The van der Waals surface area contributed by atoms with Crippen LogP contribution in [0.4, 0.5) is 5.82 Å². The lowest BCUT2D eigenvalue weighted by molar-refractivity contribution is -0.133. The van der Waals surface area contributed by atoms with Crippen molar-refractivity contribution in [1.29, 1.82) is 0 Å². The van der Waals surface area contributed by atoms with Gasteiger partial charge in [-0.3, -0.25) is 9.59 Å². The highest BCUT2D eigenvalue weighted by molar-refractivity contribution is 8.00. The van der Waals surface area contributed by atoms with Gasteiger partial charge in [0.2, 0.25) is 0 Å². The number of carboxylic acid groups (broad SMARTS) is 1. The van der Waals surface area contributed by atoms with E-state index in [1.165, 1.54) is 11.8 Å². The zero-order chi connectivity index (χ0) is 15.1. The van der Waals surface area contributed by atoms with Gasteiger partial charge in [0.05, 0.1) is 11.3 Å². The van der Waals surface area contributed by atoms with E-state index in [4.69, 9.17) is 5.11 Å². The lowest BCUT2D eigenvalue weighted by Crippen LogP contribution is -2.04. The minimum absolute atomic E-state index is 0.0498. The van der Waals surface area contributed by atoms with Crippen molar-refractivity contribution in [3.63, 3.8) is 0 Å². The van der Waals surface area contributed by atoms with E-state index < -0.39 is 5.97 Å². The number of benzene rings is 1. The molecular weight excluding hydrogens is 288 g/mol. The van der Waals surface area contributed by atoms with Crippen LogP contribution in [0.3, 0.4) is 0 Å². The molecule has 6 heteroatoms. The Hall–Kier alpha value is -2.34. The number of carboxylic acids is 1. The summed E-state index contributed by atoms with van der Waals surface area (Å²) in [5, 5.41) is 11.7. The molecule has 0 aliphatic carbocycles. The van der Waals surface area contributed by atoms with Crippen LogP contribution in [0.25, 0.3) is 0 Å². The Labute approximate surface area is 126 Å². The maximum absolute atomic E-state index is 10.9. The van der Waals surface area contributed by atoms with Gasteiger partial charge >= 0.3 is 5.97 Å². The van der Waals surface area contributed by atoms with Crippen molar-refractivity contribution < 1.29 is 14.7 Å². The first-order valence-electron chi connectivity index (χ1n) is 6.26. The topological polar surface area (TPSA) is 79.3 Å². The Kier molecular flexibility index (Phi) is 5.34. The molecule has 0 amide bonds. The first-order valence-corrected chi connectivity index (χ1v) is 7.25. The summed E-state index contributed by atoms with van der Waals surface area (Å²) in [6.07, 6.45) is 2.39. The van der Waals surface area contributed by atoms with Crippen LogP contribution in [-0.4, -0.2) is 28.1 Å². The lowest BCUT2D eigenvalue weighted by atomic mass is 10.2. The minimum Gasteiger partial charge on any atom is -0.481 e. The zero-order valence-electron chi connectivity index (χ0n) is 11.2. The number of pyridine rings is 1. The van der Waals surface area contributed by atoms with Crippen molar-refractivity contribution in [1.82, 2.24) is 4.98 Å². The van der Waals surface area contributed by atoms with Crippen LogP contribution in [0.2, 0.25) is 0 Å². The fourth-order valence-corrected chi connectivity index (χ4v) is 2.31. The van der Waals surface area contributed by atoms with Crippen molar-refractivity contribution in [2.24, 2.45) is 0 Å². The summed E-state index contributed by atoms with van der Waals surface area (Å²) in [5.74, 6) is -0.229. The van der Waals surface area contributed by atoms with E-state index in [2.05, 4.69) is 10.3 Å². The van der Waals surface area contributed by atoms with Crippen LogP contribution >= 0.6 is 11.8 Å². The predicted molar refractivity (Wildman–Crippen MR) is 81.8 cm³/mol. The number of carbonyl (C=O) groups excluding carboxylic acids is 1. The van der Waals surface area contributed by atoms with Gasteiger partial charge in [-0.25, -0.2) is 4.98 Å². The Morgan fingerprint density at radius 3 is 2.71 bits per heavy atom. The monoisotopic (exact) mass is 302 g/mol. The smallest absolute Gasteiger partial charge is 0.313 e. The molecule has 108 valence electrons. The van der Waals surface area contributed by atoms with Crippen molar-refractivity contribution in [2.75, 3.05) is 11.1 Å². The summed E-state index contributed by atoms with van der Waals surface area (Å²) in [4.78, 5) is 26.4. The lowest BCUT2D eigenvalue weighted by Gasteiger charge is -2.08. The molecule has 1 aromatic carbocycles. The van der Waals surface area contributed by atoms with Crippen LogP contribution in [0.15, 0.2) is 47.5 Å². The fourth-order valence-electron chi connectivity index (χ4n) is 1.69. The quantitative estimate of drug-likeness (QED) is 0.604. The van der Waals surface area contributed by atoms with E-state index in [0.29, 0.717) is 17.9 Å². The molecule has 2 aromatic rings. The molecule has 2 rings (SSSR count). The molecule has 0 saturated heterocycles. The molecule has 1 aromatic heterocycles.